The van der Waals surface area contributed by atoms with Crippen molar-refractivity contribution < 1.29 is 9.47 Å². The van der Waals surface area contributed by atoms with Crippen LogP contribution in [0.15, 0.2) is 104 Å². The van der Waals surface area contributed by atoms with Crippen LogP contribution in [0.25, 0.3) is 0 Å². The number of halogens is 2. The van der Waals surface area contributed by atoms with Crippen molar-refractivity contribution in [2.45, 2.75) is 6.42 Å². The highest BCUT2D eigenvalue weighted by atomic mass is 79.9. The van der Waals surface area contributed by atoms with Crippen LogP contribution in [0.2, 0.25) is 0 Å². The number of ether oxygens (including phenoxy) is 2. The molecule has 0 aliphatic carbocycles. The van der Waals surface area contributed by atoms with E-state index in [1.165, 1.54) is 11.1 Å². The van der Waals surface area contributed by atoms with E-state index in [-0.39, 0.29) is 0 Å². The molecule has 0 heterocycles. The van der Waals surface area contributed by atoms with Crippen LogP contribution in [0.1, 0.15) is 22.3 Å². The van der Waals surface area contributed by atoms with Crippen molar-refractivity contribution in [3.63, 3.8) is 0 Å². The van der Waals surface area contributed by atoms with Gasteiger partial charge in [-0.25, -0.2) is 0 Å². The Hall–Kier alpha value is -3.22. The summed E-state index contributed by atoms with van der Waals surface area (Å²) in [6.45, 7) is 0. The van der Waals surface area contributed by atoms with Gasteiger partial charge >= 0.3 is 0 Å². The molecule has 0 bridgehead atoms. The lowest BCUT2D eigenvalue weighted by Gasteiger charge is -2.05. The molecule has 0 saturated heterocycles. The number of hydrogen-bond donors (Lipinski definition) is 0. The summed E-state index contributed by atoms with van der Waals surface area (Å²) >= 11 is 7.01. The Morgan fingerprint density at radius 2 is 1.00 bits per heavy atom. The van der Waals surface area contributed by atoms with E-state index in [1.807, 2.05) is 73.1 Å². The molecule has 0 saturated carbocycles. The third kappa shape index (κ3) is 6.90. The molecule has 4 nitrogen and oxygen atoms in total. The van der Waals surface area contributed by atoms with Crippen LogP contribution >= 0.6 is 31.9 Å². The maximum absolute atomic E-state index is 5.27. The number of nitrogens with zero attached hydrogens (tertiary/aromatic N) is 2. The molecule has 4 aromatic carbocycles. The average molecular weight is 592 g/mol. The van der Waals surface area contributed by atoms with Crippen LogP contribution in [0.5, 0.6) is 11.5 Å². The minimum Gasteiger partial charge on any atom is -0.496 e. The molecule has 4 aromatic rings. The lowest BCUT2D eigenvalue weighted by Crippen LogP contribution is -1.88. The van der Waals surface area contributed by atoms with Gasteiger partial charge in [0.2, 0.25) is 0 Å². The molecule has 4 rings (SSSR count). The third-order valence-corrected chi connectivity index (χ3v) is 6.60. The first-order chi connectivity index (χ1) is 17.0. The van der Waals surface area contributed by atoms with Crippen molar-refractivity contribution in [3.05, 3.63) is 116 Å². The number of rotatable bonds is 8. The van der Waals surface area contributed by atoms with Crippen LogP contribution in [0.4, 0.5) is 11.4 Å². The van der Waals surface area contributed by atoms with Crippen molar-refractivity contribution in [1.29, 1.82) is 0 Å². The minimum atomic E-state index is 0.803. The highest BCUT2D eigenvalue weighted by molar-refractivity contribution is 9.10. The summed E-state index contributed by atoms with van der Waals surface area (Å²) in [6, 6.07) is 28.4. The molecule has 0 spiro atoms. The molecule has 0 atom stereocenters. The molecular weight excluding hydrogens is 568 g/mol. The van der Waals surface area contributed by atoms with Crippen molar-refractivity contribution in [2.24, 2.45) is 9.98 Å². The van der Waals surface area contributed by atoms with Crippen LogP contribution in [0.3, 0.4) is 0 Å². The van der Waals surface area contributed by atoms with Gasteiger partial charge in [-0.3, -0.25) is 9.98 Å². The summed E-state index contributed by atoms with van der Waals surface area (Å²) in [4.78, 5) is 9.16. The van der Waals surface area contributed by atoms with E-state index in [1.54, 1.807) is 14.2 Å². The smallest absolute Gasteiger partial charge is 0.133 e. The zero-order valence-corrected chi connectivity index (χ0v) is 22.6. The predicted molar refractivity (Wildman–Crippen MR) is 152 cm³/mol. The Kier molecular flexibility index (Phi) is 8.50. The first-order valence-electron chi connectivity index (χ1n) is 11.0. The molecule has 176 valence electrons. The summed E-state index contributed by atoms with van der Waals surface area (Å²) in [7, 11) is 3.31. The van der Waals surface area contributed by atoms with E-state index in [0.717, 1.165) is 49.4 Å². The zero-order chi connectivity index (χ0) is 24.6. The molecule has 0 aromatic heterocycles. The largest absolute Gasteiger partial charge is 0.496 e. The fourth-order valence-electron chi connectivity index (χ4n) is 3.46. The van der Waals surface area contributed by atoms with E-state index in [2.05, 4.69) is 66.1 Å². The second kappa shape index (κ2) is 12.0. The van der Waals surface area contributed by atoms with Crippen LogP contribution < -0.4 is 9.47 Å². The van der Waals surface area contributed by atoms with E-state index in [9.17, 15) is 0 Å². The Morgan fingerprint density at radius 1 is 0.600 bits per heavy atom. The van der Waals surface area contributed by atoms with Gasteiger partial charge in [0.1, 0.15) is 11.5 Å². The lowest BCUT2D eigenvalue weighted by atomic mass is 10.0. The Morgan fingerprint density at radius 3 is 1.34 bits per heavy atom. The number of benzene rings is 4. The number of hydrogen-bond acceptors (Lipinski definition) is 4. The maximum Gasteiger partial charge on any atom is 0.133 e. The first kappa shape index (κ1) is 24.9. The molecule has 6 heteroatoms. The molecule has 35 heavy (non-hydrogen) atoms. The third-order valence-electron chi connectivity index (χ3n) is 5.36. The van der Waals surface area contributed by atoms with E-state index < -0.39 is 0 Å². The lowest BCUT2D eigenvalue weighted by molar-refractivity contribution is 0.412. The normalized spacial score (nSPS) is 11.3. The van der Waals surface area contributed by atoms with Gasteiger partial charge in [-0.2, -0.15) is 0 Å². The van der Waals surface area contributed by atoms with E-state index >= 15 is 0 Å². The van der Waals surface area contributed by atoms with Crippen molar-refractivity contribution in [2.75, 3.05) is 14.2 Å². The Labute approximate surface area is 222 Å². The summed E-state index contributed by atoms with van der Waals surface area (Å²) in [6.07, 6.45) is 4.55. The fourth-order valence-corrected chi connectivity index (χ4v) is 4.58. The SMILES string of the molecule is COc1ccc(C=Nc2ccc(Cc3ccc(N=Cc4ccc(OC)c(Br)c4)cc3)cc2)cc1Br. The van der Waals surface area contributed by atoms with Crippen LogP contribution in [-0.4, -0.2) is 26.6 Å². The van der Waals surface area contributed by atoms with Gasteiger partial charge in [0.25, 0.3) is 0 Å². The molecule has 0 radical (unpaired) electrons. The molecule has 0 N–H and O–H groups in total. The van der Waals surface area contributed by atoms with Gasteiger partial charge in [0, 0.05) is 12.4 Å². The van der Waals surface area contributed by atoms with Gasteiger partial charge in [0.15, 0.2) is 0 Å². The Bertz CT molecular complexity index is 1240. The molecule has 0 amide bonds. The quantitative estimate of drug-likeness (QED) is 0.193. The molecule has 0 aliphatic heterocycles. The van der Waals surface area contributed by atoms with Crippen molar-refractivity contribution in [1.82, 2.24) is 0 Å². The minimum absolute atomic E-state index is 0.803. The van der Waals surface area contributed by atoms with Gasteiger partial charge in [-0.15, -0.1) is 0 Å². The summed E-state index contributed by atoms with van der Waals surface area (Å²) in [5, 5.41) is 0. The van der Waals surface area contributed by atoms with Gasteiger partial charge in [-0.1, -0.05) is 24.3 Å². The maximum atomic E-state index is 5.27. The summed E-state index contributed by atoms with van der Waals surface area (Å²) < 4.78 is 12.4. The zero-order valence-electron chi connectivity index (χ0n) is 19.4. The highest BCUT2D eigenvalue weighted by Crippen LogP contribution is 2.26. The molecular formula is C29H24Br2N2O2. The van der Waals surface area contributed by atoms with Crippen molar-refractivity contribution in [3.8, 4) is 11.5 Å². The van der Waals surface area contributed by atoms with Gasteiger partial charge in [0.05, 0.1) is 34.5 Å². The van der Waals surface area contributed by atoms with Gasteiger partial charge < -0.3 is 9.47 Å². The van der Waals surface area contributed by atoms with E-state index in [4.69, 9.17) is 9.47 Å². The van der Waals surface area contributed by atoms with Crippen LogP contribution in [0, 0.1) is 0 Å². The van der Waals surface area contributed by atoms with Crippen LogP contribution in [-0.2, 0) is 6.42 Å². The fraction of sp³-hybridized carbons (Fsp3) is 0.103. The standard InChI is InChI=1S/C29H24Br2N2O2/c1-34-28-13-7-22(16-26(28)30)18-32-24-9-3-20(4-10-24)15-21-5-11-25(12-6-21)33-19-23-8-14-29(35-2)27(31)17-23/h3-14,16-19H,15H2,1-2H3. The van der Waals surface area contributed by atoms with E-state index in [0.29, 0.717) is 0 Å². The monoisotopic (exact) mass is 590 g/mol. The Balaban J connectivity index is 1.35. The first-order valence-corrected chi connectivity index (χ1v) is 12.6. The van der Waals surface area contributed by atoms with Crippen molar-refractivity contribution >= 4 is 55.7 Å². The molecule has 0 fully saturated rings. The highest BCUT2D eigenvalue weighted by Gasteiger charge is 2.02. The molecule has 0 aliphatic rings. The summed E-state index contributed by atoms with van der Waals surface area (Å²) in [5.74, 6) is 1.61. The number of aliphatic imine (C=N–C) groups is 2. The second-order valence-electron chi connectivity index (χ2n) is 7.81. The predicted octanol–water partition coefficient (Wildman–Crippen LogP) is 8.32. The average Bonchev–Trinajstić information content (AvgIpc) is 2.88. The molecule has 0 unspecified atom stereocenters. The second-order valence-corrected chi connectivity index (χ2v) is 9.52. The number of methoxy groups -OCH3 is 2. The topological polar surface area (TPSA) is 43.2 Å². The van der Waals surface area contributed by atoms with Gasteiger partial charge in [-0.05, 0) is 121 Å². The summed E-state index contributed by atoms with van der Waals surface area (Å²) in [5.41, 5.74) is 6.30.